The maximum atomic E-state index is 12.4. The average molecular weight is 274 g/mol. The maximum absolute atomic E-state index is 12.4. The molecule has 3 nitrogen and oxygen atoms in total. The summed E-state index contributed by atoms with van der Waals surface area (Å²) in [5.41, 5.74) is 1.20. The van der Waals surface area contributed by atoms with Crippen LogP contribution >= 0.6 is 0 Å². The molecule has 0 bridgehead atoms. The average Bonchev–Trinajstić information content (AvgIpc) is 2.48. The van der Waals surface area contributed by atoms with Gasteiger partial charge in [0.2, 0.25) is 5.91 Å². The number of benzene rings is 1. The van der Waals surface area contributed by atoms with Gasteiger partial charge in [0, 0.05) is 0 Å². The fourth-order valence-corrected chi connectivity index (χ4v) is 2.78. The summed E-state index contributed by atoms with van der Waals surface area (Å²) in [4.78, 5) is 12.4. The molecule has 110 valence electrons. The Balaban J connectivity index is 2.01. The molecule has 1 fully saturated rings. The molecule has 0 aromatic heterocycles. The van der Waals surface area contributed by atoms with Crippen molar-refractivity contribution in [2.24, 2.45) is 5.92 Å². The predicted octanol–water partition coefficient (Wildman–Crippen LogP) is 3.03. The highest BCUT2D eigenvalue weighted by Crippen LogP contribution is 2.21. The van der Waals surface area contributed by atoms with Crippen LogP contribution in [0, 0.1) is 5.92 Å². The van der Waals surface area contributed by atoms with Crippen LogP contribution in [0.15, 0.2) is 30.3 Å². The molecule has 2 N–H and O–H groups in total. The summed E-state index contributed by atoms with van der Waals surface area (Å²) in [6, 6.07) is 10.4. The van der Waals surface area contributed by atoms with Crippen LogP contribution in [0.25, 0.3) is 0 Å². The van der Waals surface area contributed by atoms with Crippen LogP contribution in [0.5, 0.6) is 0 Å². The first kappa shape index (κ1) is 15.0. The van der Waals surface area contributed by atoms with Gasteiger partial charge in [0.05, 0.1) is 12.1 Å². The zero-order valence-electron chi connectivity index (χ0n) is 12.6. The Kier molecular flexibility index (Phi) is 5.60. The molecule has 1 aliphatic heterocycles. The fraction of sp³-hybridized carbons (Fsp3) is 0.588. The Labute approximate surface area is 122 Å². The van der Waals surface area contributed by atoms with Crippen molar-refractivity contribution in [3.05, 3.63) is 35.9 Å². The molecule has 1 heterocycles. The van der Waals surface area contributed by atoms with E-state index in [9.17, 15) is 4.79 Å². The number of rotatable bonds is 5. The van der Waals surface area contributed by atoms with Gasteiger partial charge in [0.1, 0.15) is 0 Å². The highest BCUT2D eigenvalue weighted by Gasteiger charge is 2.23. The van der Waals surface area contributed by atoms with Crippen molar-refractivity contribution in [2.45, 2.75) is 51.6 Å². The molecule has 1 saturated heterocycles. The van der Waals surface area contributed by atoms with E-state index in [1.54, 1.807) is 0 Å². The summed E-state index contributed by atoms with van der Waals surface area (Å²) in [6.07, 6.45) is 4.25. The molecule has 20 heavy (non-hydrogen) atoms. The monoisotopic (exact) mass is 274 g/mol. The van der Waals surface area contributed by atoms with Crippen molar-refractivity contribution >= 4 is 5.91 Å². The van der Waals surface area contributed by atoms with Crippen LogP contribution in [0.1, 0.15) is 51.1 Å². The van der Waals surface area contributed by atoms with Crippen molar-refractivity contribution in [3.8, 4) is 0 Å². The molecule has 0 spiro atoms. The standard InChI is InChI=1S/C17H26N2O/c1-13(2)12-16(14-8-4-3-5-9-14)19-17(20)15-10-6-7-11-18-15/h3-5,8-9,13,15-16,18H,6-7,10-12H2,1-2H3,(H,19,20)/t15-,16?/m1/s1. The number of nitrogens with one attached hydrogen (secondary N) is 2. The molecule has 1 amide bonds. The van der Waals surface area contributed by atoms with Crippen LogP contribution in [-0.2, 0) is 4.79 Å². The van der Waals surface area contributed by atoms with Gasteiger partial charge in [0.25, 0.3) is 0 Å². The number of hydrogen-bond acceptors (Lipinski definition) is 2. The van der Waals surface area contributed by atoms with Gasteiger partial charge in [-0.25, -0.2) is 0 Å². The molecule has 3 heteroatoms. The zero-order valence-corrected chi connectivity index (χ0v) is 12.6. The lowest BCUT2D eigenvalue weighted by Gasteiger charge is -2.27. The van der Waals surface area contributed by atoms with Gasteiger partial charge in [-0.3, -0.25) is 4.79 Å². The molecular formula is C17H26N2O. The third-order valence-corrected chi connectivity index (χ3v) is 3.85. The molecule has 1 aromatic rings. The van der Waals surface area contributed by atoms with E-state index in [0.29, 0.717) is 5.92 Å². The smallest absolute Gasteiger partial charge is 0.237 e. The normalized spacial score (nSPS) is 20.6. The quantitative estimate of drug-likeness (QED) is 0.866. The summed E-state index contributed by atoms with van der Waals surface area (Å²) in [7, 11) is 0. The highest BCUT2D eigenvalue weighted by molar-refractivity contribution is 5.82. The summed E-state index contributed by atoms with van der Waals surface area (Å²) < 4.78 is 0. The minimum atomic E-state index is -0.0119. The van der Waals surface area contributed by atoms with E-state index in [1.165, 1.54) is 12.0 Å². The molecule has 1 unspecified atom stereocenters. The largest absolute Gasteiger partial charge is 0.348 e. The topological polar surface area (TPSA) is 41.1 Å². The van der Waals surface area contributed by atoms with Crippen molar-refractivity contribution < 1.29 is 4.79 Å². The minimum absolute atomic E-state index is 0.0119. The first-order valence-electron chi connectivity index (χ1n) is 7.75. The van der Waals surface area contributed by atoms with E-state index in [1.807, 2.05) is 18.2 Å². The van der Waals surface area contributed by atoms with Gasteiger partial charge in [-0.2, -0.15) is 0 Å². The fourth-order valence-electron chi connectivity index (χ4n) is 2.78. The van der Waals surface area contributed by atoms with Crippen molar-refractivity contribution in [2.75, 3.05) is 6.54 Å². The summed E-state index contributed by atoms with van der Waals surface area (Å²) in [5.74, 6) is 0.707. The number of carbonyl (C=O) groups excluding carboxylic acids is 1. The van der Waals surface area contributed by atoms with Gasteiger partial charge in [-0.1, -0.05) is 50.6 Å². The number of hydrogen-bond donors (Lipinski definition) is 2. The SMILES string of the molecule is CC(C)CC(NC(=O)[C@H]1CCCCN1)c1ccccc1. The summed E-state index contributed by atoms with van der Waals surface area (Å²) >= 11 is 0. The Morgan fingerprint density at radius 3 is 2.65 bits per heavy atom. The van der Waals surface area contributed by atoms with Crippen LogP contribution in [0.3, 0.4) is 0 Å². The van der Waals surface area contributed by atoms with Crippen LogP contribution in [-0.4, -0.2) is 18.5 Å². The lowest BCUT2D eigenvalue weighted by Crippen LogP contribution is -2.47. The van der Waals surface area contributed by atoms with E-state index in [0.717, 1.165) is 25.8 Å². The predicted molar refractivity (Wildman–Crippen MR) is 82.4 cm³/mol. The molecule has 0 radical (unpaired) electrons. The first-order valence-corrected chi connectivity index (χ1v) is 7.75. The first-order chi connectivity index (χ1) is 9.66. The van der Waals surface area contributed by atoms with E-state index in [2.05, 4.69) is 36.6 Å². The Hall–Kier alpha value is -1.35. The van der Waals surface area contributed by atoms with Gasteiger partial charge >= 0.3 is 0 Å². The van der Waals surface area contributed by atoms with E-state index < -0.39 is 0 Å². The number of piperidine rings is 1. The van der Waals surface area contributed by atoms with Crippen molar-refractivity contribution in [3.63, 3.8) is 0 Å². The van der Waals surface area contributed by atoms with Crippen LogP contribution in [0.4, 0.5) is 0 Å². The Morgan fingerprint density at radius 1 is 1.30 bits per heavy atom. The zero-order chi connectivity index (χ0) is 14.4. The molecule has 1 aromatic carbocycles. The second kappa shape index (κ2) is 7.44. The maximum Gasteiger partial charge on any atom is 0.237 e. The third-order valence-electron chi connectivity index (χ3n) is 3.85. The lowest BCUT2D eigenvalue weighted by atomic mass is 9.96. The minimum Gasteiger partial charge on any atom is -0.348 e. The Morgan fingerprint density at radius 2 is 2.05 bits per heavy atom. The molecular weight excluding hydrogens is 248 g/mol. The molecule has 2 atom stereocenters. The van der Waals surface area contributed by atoms with Gasteiger partial charge in [0.15, 0.2) is 0 Å². The second-order valence-corrected chi connectivity index (χ2v) is 6.10. The van der Waals surface area contributed by atoms with E-state index in [-0.39, 0.29) is 18.0 Å². The number of carbonyl (C=O) groups is 1. The van der Waals surface area contributed by atoms with Crippen LogP contribution in [0.2, 0.25) is 0 Å². The van der Waals surface area contributed by atoms with E-state index in [4.69, 9.17) is 0 Å². The highest BCUT2D eigenvalue weighted by atomic mass is 16.2. The second-order valence-electron chi connectivity index (χ2n) is 6.10. The van der Waals surface area contributed by atoms with Gasteiger partial charge in [-0.15, -0.1) is 0 Å². The van der Waals surface area contributed by atoms with Crippen molar-refractivity contribution in [1.29, 1.82) is 0 Å². The van der Waals surface area contributed by atoms with Gasteiger partial charge in [-0.05, 0) is 37.3 Å². The molecule has 0 aliphatic carbocycles. The van der Waals surface area contributed by atoms with Crippen LogP contribution < -0.4 is 10.6 Å². The van der Waals surface area contributed by atoms with Crippen molar-refractivity contribution in [1.82, 2.24) is 10.6 Å². The molecule has 2 rings (SSSR count). The third kappa shape index (κ3) is 4.34. The lowest BCUT2D eigenvalue weighted by molar-refractivity contribution is -0.124. The number of amides is 1. The molecule has 1 aliphatic rings. The molecule has 0 saturated carbocycles. The Bertz CT molecular complexity index is 410. The summed E-state index contributed by atoms with van der Waals surface area (Å²) in [5, 5.41) is 6.55. The summed E-state index contributed by atoms with van der Waals surface area (Å²) in [6.45, 7) is 5.35. The van der Waals surface area contributed by atoms with Gasteiger partial charge < -0.3 is 10.6 Å². The van der Waals surface area contributed by atoms with E-state index >= 15 is 0 Å².